The predicted octanol–water partition coefficient (Wildman–Crippen LogP) is 0.847. The zero-order chi connectivity index (χ0) is 14.0. The van der Waals surface area contributed by atoms with Crippen LogP contribution in [0, 0.1) is 11.7 Å². The number of rotatable bonds is 4. The number of benzene rings is 1. The Kier molecular flexibility index (Phi) is 4.07. The fourth-order valence-corrected chi connectivity index (χ4v) is 3.53. The van der Waals surface area contributed by atoms with Gasteiger partial charge in [0.1, 0.15) is 10.7 Å². The summed E-state index contributed by atoms with van der Waals surface area (Å²) in [7, 11) is -3.74. The van der Waals surface area contributed by atoms with Gasteiger partial charge in [-0.3, -0.25) is 0 Å². The van der Waals surface area contributed by atoms with Gasteiger partial charge >= 0.3 is 0 Å². The van der Waals surface area contributed by atoms with Crippen molar-refractivity contribution in [3.63, 3.8) is 0 Å². The molecule has 1 aromatic rings. The predicted molar refractivity (Wildman–Crippen MR) is 69.3 cm³/mol. The van der Waals surface area contributed by atoms with Crippen molar-refractivity contribution >= 4 is 15.7 Å². The lowest BCUT2D eigenvalue weighted by atomic mass is 10.1. The van der Waals surface area contributed by atoms with E-state index in [0.29, 0.717) is 12.8 Å². The van der Waals surface area contributed by atoms with Gasteiger partial charge in [-0.05, 0) is 43.4 Å². The minimum absolute atomic E-state index is 0.112. The average molecular weight is 288 g/mol. The Morgan fingerprint density at radius 3 is 2.74 bits per heavy atom. The molecule has 0 amide bonds. The van der Waals surface area contributed by atoms with E-state index in [9.17, 15) is 17.9 Å². The monoisotopic (exact) mass is 288 g/mol. The highest BCUT2D eigenvalue weighted by Crippen LogP contribution is 2.25. The Bertz CT molecular complexity index is 562. The molecule has 0 spiro atoms. The van der Waals surface area contributed by atoms with Crippen molar-refractivity contribution in [1.82, 2.24) is 4.72 Å². The van der Waals surface area contributed by atoms with Gasteiger partial charge in [-0.1, -0.05) is 0 Å². The highest BCUT2D eigenvalue weighted by atomic mass is 32.2. The molecule has 0 aliphatic heterocycles. The fourth-order valence-electron chi connectivity index (χ4n) is 2.30. The van der Waals surface area contributed by atoms with E-state index in [1.54, 1.807) is 0 Å². The lowest BCUT2D eigenvalue weighted by Crippen LogP contribution is -2.29. The van der Waals surface area contributed by atoms with Crippen LogP contribution in [0.2, 0.25) is 0 Å². The molecule has 7 heteroatoms. The number of sulfonamides is 1. The van der Waals surface area contributed by atoms with Crippen molar-refractivity contribution < 1.29 is 17.9 Å². The van der Waals surface area contributed by atoms with E-state index in [0.717, 1.165) is 24.6 Å². The zero-order valence-corrected chi connectivity index (χ0v) is 11.2. The molecule has 1 aromatic carbocycles. The summed E-state index contributed by atoms with van der Waals surface area (Å²) < 4.78 is 39.4. The van der Waals surface area contributed by atoms with E-state index in [4.69, 9.17) is 5.73 Å². The van der Waals surface area contributed by atoms with Crippen LogP contribution in [-0.4, -0.2) is 26.2 Å². The first-order valence-corrected chi connectivity index (χ1v) is 7.59. The molecule has 1 aliphatic rings. The molecule has 2 atom stereocenters. The molecule has 0 aromatic heterocycles. The topological polar surface area (TPSA) is 92.4 Å². The highest BCUT2D eigenvalue weighted by molar-refractivity contribution is 7.89. The van der Waals surface area contributed by atoms with Gasteiger partial charge in [-0.2, -0.15) is 0 Å². The second-order valence-electron chi connectivity index (χ2n) is 4.87. The van der Waals surface area contributed by atoms with Crippen LogP contribution in [0.1, 0.15) is 19.3 Å². The van der Waals surface area contributed by atoms with E-state index in [1.165, 1.54) is 0 Å². The molecule has 0 radical (unpaired) electrons. The molecule has 1 fully saturated rings. The quantitative estimate of drug-likeness (QED) is 0.716. The summed E-state index contributed by atoms with van der Waals surface area (Å²) in [5.41, 5.74) is 5.40. The van der Waals surface area contributed by atoms with Crippen molar-refractivity contribution in [2.45, 2.75) is 30.3 Å². The number of nitrogen functional groups attached to an aromatic ring is 1. The third kappa shape index (κ3) is 3.43. The summed E-state index contributed by atoms with van der Waals surface area (Å²) in [6.07, 6.45) is 1.75. The van der Waals surface area contributed by atoms with E-state index in [1.807, 2.05) is 0 Å². The van der Waals surface area contributed by atoms with Crippen LogP contribution in [-0.2, 0) is 10.0 Å². The number of nitrogens with one attached hydrogen (secondary N) is 1. The second-order valence-corrected chi connectivity index (χ2v) is 6.60. The van der Waals surface area contributed by atoms with Crippen molar-refractivity contribution in [1.29, 1.82) is 0 Å². The van der Waals surface area contributed by atoms with Gasteiger partial charge in [0.2, 0.25) is 10.0 Å². The van der Waals surface area contributed by atoms with Gasteiger partial charge in [0.15, 0.2) is 0 Å². The number of halogens is 1. The van der Waals surface area contributed by atoms with Crippen LogP contribution in [0.25, 0.3) is 0 Å². The molecule has 5 nitrogen and oxygen atoms in total. The lowest BCUT2D eigenvalue weighted by molar-refractivity contribution is 0.178. The summed E-state index contributed by atoms with van der Waals surface area (Å²) in [6.45, 7) is 0.260. The van der Waals surface area contributed by atoms with Crippen molar-refractivity contribution in [3.8, 4) is 0 Å². The van der Waals surface area contributed by atoms with Crippen LogP contribution < -0.4 is 10.5 Å². The van der Waals surface area contributed by atoms with Gasteiger partial charge in [0.25, 0.3) is 0 Å². The summed E-state index contributed by atoms with van der Waals surface area (Å²) >= 11 is 0. The maximum absolute atomic E-state index is 12.9. The lowest BCUT2D eigenvalue weighted by Gasteiger charge is -2.12. The molecular formula is C12H17FN2O3S. The van der Waals surface area contributed by atoms with Crippen LogP contribution >= 0.6 is 0 Å². The van der Waals surface area contributed by atoms with Crippen LogP contribution in [0.15, 0.2) is 23.1 Å². The molecule has 0 bridgehead atoms. The summed E-state index contributed by atoms with van der Waals surface area (Å²) in [6, 6.07) is 3.19. The molecule has 0 saturated heterocycles. The minimum atomic E-state index is -3.74. The van der Waals surface area contributed by atoms with E-state index >= 15 is 0 Å². The van der Waals surface area contributed by atoms with Gasteiger partial charge in [-0.25, -0.2) is 17.5 Å². The van der Waals surface area contributed by atoms with E-state index < -0.39 is 15.8 Å². The molecule has 4 N–H and O–H groups in total. The van der Waals surface area contributed by atoms with Crippen LogP contribution in [0.4, 0.5) is 10.1 Å². The third-order valence-corrected chi connectivity index (χ3v) is 4.83. The largest absolute Gasteiger partial charge is 0.398 e. The van der Waals surface area contributed by atoms with Gasteiger partial charge in [-0.15, -0.1) is 0 Å². The van der Waals surface area contributed by atoms with Crippen LogP contribution in [0.5, 0.6) is 0 Å². The number of aliphatic hydroxyl groups is 1. The van der Waals surface area contributed by atoms with E-state index in [-0.39, 0.29) is 29.1 Å². The number of nitrogens with two attached hydrogens (primary N) is 1. The smallest absolute Gasteiger partial charge is 0.242 e. The second kappa shape index (κ2) is 5.44. The Labute approximate surface area is 111 Å². The SMILES string of the molecule is Nc1cc(F)ccc1S(=O)(=O)NCC1CCC(O)C1. The van der Waals surface area contributed by atoms with Crippen molar-refractivity contribution in [2.75, 3.05) is 12.3 Å². The first-order valence-electron chi connectivity index (χ1n) is 6.11. The zero-order valence-electron chi connectivity index (χ0n) is 10.3. The molecule has 2 rings (SSSR count). The highest BCUT2D eigenvalue weighted by Gasteiger charge is 2.25. The first-order chi connectivity index (χ1) is 8.88. The van der Waals surface area contributed by atoms with Crippen molar-refractivity contribution in [3.05, 3.63) is 24.0 Å². The van der Waals surface area contributed by atoms with Gasteiger partial charge < -0.3 is 10.8 Å². The standard InChI is InChI=1S/C12H17FN2O3S/c13-9-2-4-12(11(14)6-9)19(17,18)15-7-8-1-3-10(16)5-8/h2,4,6,8,10,15-16H,1,3,5,7,14H2. The molecular weight excluding hydrogens is 271 g/mol. The molecule has 1 aliphatic carbocycles. The first kappa shape index (κ1) is 14.2. The number of hydrogen-bond donors (Lipinski definition) is 3. The molecule has 1 saturated carbocycles. The van der Waals surface area contributed by atoms with Gasteiger partial charge in [0, 0.05) is 6.54 Å². The summed E-state index contributed by atoms with van der Waals surface area (Å²) in [5, 5.41) is 9.38. The fraction of sp³-hybridized carbons (Fsp3) is 0.500. The Morgan fingerprint density at radius 2 is 2.16 bits per heavy atom. The average Bonchev–Trinajstić information content (AvgIpc) is 2.72. The minimum Gasteiger partial charge on any atom is -0.398 e. The maximum Gasteiger partial charge on any atom is 0.242 e. The number of aliphatic hydroxyl groups excluding tert-OH is 1. The summed E-state index contributed by atoms with van der Waals surface area (Å²) in [4.78, 5) is -0.118. The maximum atomic E-state index is 12.9. The molecule has 2 unspecified atom stereocenters. The van der Waals surface area contributed by atoms with Gasteiger partial charge in [0.05, 0.1) is 11.8 Å². The number of anilines is 1. The summed E-state index contributed by atoms with van der Waals surface area (Å²) in [5.74, 6) is -0.443. The Balaban J connectivity index is 2.06. The molecule has 19 heavy (non-hydrogen) atoms. The molecule has 0 heterocycles. The Morgan fingerprint density at radius 1 is 1.42 bits per heavy atom. The van der Waals surface area contributed by atoms with Crippen LogP contribution in [0.3, 0.4) is 0 Å². The normalized spacial score (nSPS) is 23.7. The van der Waals surface area contributed by atoms with E-state index in [2.05, 4.69) is 4.72 Å². The Hall–Kier alpha value is -1.18. The molecule has 106 valence electrons. The van der Waals surface area contributed by atoms with Crippen molar-refractivity contribution in [2.24, 2.45) is 5.92 Å². The third-order valence-electron chi connectivity index (χ3n) is 3.34. The number of hydrogen-bond acceptors (Lipinski definition) is 4.